The van der Waals surface area contributed by atoms with Gasteiger partial charge in [-0.2, -0.15) is 5.26 Å². The van der Waals surface area contributed by atoms with Gasteiger partial charge >= 0.3 is 0 Å². The lowest BCUT2D eigenvalue weighted by atomic mass is 10.1. The fourth-order valence-corrected chi connectivity index (χ4v) is 3.32. The summed E-state index contributed by atoms with van der Waals surface area (Å²) in [6, 6.07) is 7.51. The van der Waals surface area contributed by atoms with E-state index in [-0.39, 0.29) is 12.1 Å². The van der Waals surface area contributed by atoms with E-state index < -0.39 is 0 Å². The van der Waals surface area contributed by atoms with Gasteiger partial charge in [-0.1, -0.05) is 6.07 Å². The summed E-state index contributed by atoms with van der Waals surface area (Å²) in [5.41, 5.74) is 2.17. The van der Waals surface area contributed by atoms with Crippen LogP contribution in [-0.4, -0.2) is 23.8 Å². The first kappa shape index (κ1) is 15.1. The molecule has 0 unspecified atom stereocenters. The third-order valence-electron chi connectivity index (χ3n) is 3.48. The molecular weight excluding hydrogens is 314 g/mol. The fraction of sp³-hybridized carbons (Fsp3) is 0.188. The van der Waals surface area contributed by atoms with Crippen molar-refractivity contribution in [2.45, 2.75) is 6.54 Å². The van der Waals surface area contributed by atoms with Crippen molar-refractivity contribution in [1.29, 1.82) is 5.26 Å². The predicted molar refractivity (Wildman–Crippen MR) is 88.0 cm³/mol. The normalized spacial score (nSPS) is 10.5. The minimum Gasteiger partial charge on any atom is -0.493 e. The summed E-state index contributed by atoms with van der Waals surface area (Å²) in [5, 5.41) is 10.6. The molecule has 3 rings (SSSR count). The molecule has 0 aliphatic carbocycles. The van der Waals surface area contributed by atoms with E-state index in [1.807, 2.05) is 29.6 Å². The smallest absolute Gasteiger partial charge is 0.272 e. The van der Waals surface area contributed by atoms with Gasteiger partial charge in [0.2, 0.25) is 0 Å². The number of thiophene rings is 1. The highest BCUT2D eigenvalue weighted by atomic mass is 32.1. The van der Waals surface area contributed by atoms with Gasteiger partial charge in [0.05, 0.1) is 32.1 Å². The van der Waals surface area contributed by atoms with Crippen molar-refractivity contribution in [3.63, 3.8) is 0 Å². The second-order valence-electron chi connectivity index (χ2n) is 4.73. The average molecular weight is 327 g/mol. The molecule has 0 saturated carbocycles. The Hall–Kier alpha value is -2.85. The van der Waals surface area contributed by atoms with Crippen LogP contribution in [0.4, 0.5) is 0 Å². The monoisotopic (exact) mass is 327 g/mol. The first-order chi connectivity index (χ1) is 11.2. The molecule has 0 amide bonds. The number of fused-ring (bicyclic) bond motifs is 1. The third-order valence-corrected chi connectivity index (χ3v) is 4.44. The van der Waals surface area contributed by atoms with Gasteiger partial charge in [-0.05, 0) is 17.7 Å². The maximum Gasteiger partial charge on any atom is 0.272 e. The lowest BCUT2D eigenvalue weighted by Gasteiger charge is -2.09. The molecule has 1 aromatic carbocycles. The van der Waals surface area contributed by atoms with Crippen LogP contribution in [0.15, 0.2) is 34.7 Å². The number of ether oxygens (including phenoxy) is 2. The Kier molecular flexibility index (Phi) is 4.00. The summed E-state index contributed by atoms with van der Waals surface area (Å²) in [5.74, 6) is 1.25. The quantitative estimate of drug-likeness (QED) is 0.736. The van der Waals surface area contributed by atoms with E-state index in [0.717, 1.165) is 11.1 Å². The number of methoxy groups -OCH3 is 2. The van der Waals surface area contributed by atoms with Gasteiger partial charge in [0.15, 0.2) is 11.5 Å². The molecule has 0 atom stereocenters. The summed E-state index contributed by atoms with van der Waals surface area (Å²) in [7, 11) is 3.16. The number of nitrogens with zero attached hydrogens (tertiary/aromatic N) is 3. The highest BCUT2D eigenvalue weighted by molar-refractivity contribution is 7.17. The van der Waals surface area contributed by atoms with E-state index in [2.05, 4.69) is 4.98 Å². The maximum absolute atomic E-state index is 12.3. The second kappa shape index (κ2) is 6.10. The van der Waals surface area contributed by atoms with E-state index >= 15 is 0 Å². The molecule has 0 aliphatic heterocycles. The molecule has 2 heterocycles. The SMILES string of the molecule is COc1ccc(-c2csc3c(=O)n(CC#N)cnc23)cc1OC. The molecule has 3 aromatic rings. The van der Waals surface area contributed by atoms with E-state index in [1.165, 1.54) is 22.2 Å². The Labute approximate surface area is 136 Å². The second-order valence-corrected chi connectivity index (χ2v) is 5.61. The number of hydrogen-bond donors (Lipinski definition) is 0. The van der Waals surface area contributed by atoms with Crippen LogP contribution in [0.1, 0.15) is 0 Å². The van der Waals surface area contributed by atoms with Crippen LogP contribution in [-0.2, 0) is 6.54 Å². The highest BCUT2D eigenvalue weighted by Crippen LogP contribution is 2.36. The van der Waals surface area contributed by atoms with Gasteiger partial charge in [0.25, 0.3) is 5.56 Å². The molecule has 2 aromatic heterocycles. The van der Waals surface area contributed by atoms with Gasteiger partial charge < -0.3 is 9.47 Å². The number of hydrogen-bond acceptors (Lipinski definition) is 6. The lowest BCUT2D eigenvalue weighted by molar-refractivity contribution is 0.355. The standard InChI is InChI=1S/C16H13N3O3S/c1-21-12-4-3-10(7-13(12)22-2)11-8-23-15-14(11)18-9-19(6-5-17)16(15)20/h3-4,7-9H,6H2,1-2H3. The number of aromatic nitrogens is 2. The maximum atomic E-state index is 12.3. The first-order valence-corrected chi connectivity index (χ1v) is 7.63. The van der Waals surface area contributed by atoms with Crippen molar-refractivity contribution >= 4 is 21.6 Å². The van der Waals surface area contributed by atoms with Crippen LogP contribution in [0.5, 0.6) is 11.5 Å². The zero-order chi connectivity index (χ0) is 16.4. The van der Waals surface area contributed by atoms with Gasteiger partial charge in [0, 0.05) is 10.9 Å². The Morgan fingerprint density at radius 3 is 2.78 bits per heavy atom. The number of rotatable bonds is 4. The number of nitriles is 1. The lowest BCUT2D eigenvalue weighted by Crippen LogP contribution is -2.18. The first-order valence-electron chi connectivity index (χ1n) is 6.75. The number of benzene rings is 1. The molecule has 7 heteroatoms. The van der Waals surface area contributed by atoms with E-state index in [1.54, 1.807) is 14.2 Å². The Balaban J connectivity index is 2.17. The van der Waals surface area contributed by atoms with Crippen LogP contribution in [0, 0.1) is 11.3 Å². The predicted octanol–water partition coefficient (Wildman–Crippen LogP) is 2.67. The van der Waals surface area contributed by atoms with Crippen molar-refractivity contribution in [3.05, 3.63) is 40.3 Å². The Bertz CT molecular complexity index is 969. The molecule has 0 fully saturated rings. The van der Waals surface area contributed by atoms with Crippen molar-refractivity contribution < 1.29 is 9.47 Å². The highest BCUT2D eigenvalue weighted by Gasteiger charge is 2.14. The molecule has 0 bridgehead atoms. The Morgan fingerprint density at radius 2 is 2.09 bits per heavy atom. The van der Waals surface area contributed by atoms with E-state index in [4.69, 9.17) is 14.7 Å². The molecule has 23 heavy (non-hydrogen) atoms. The average Bonchev–Trinajstić information content (AvgIpc) is 3.01. The summed E-state index contributed by atoms with van der Waals surface area (Å²) < 4.78 is 12.4. The van der Waals surface area contributed by atoms with Crippen molar-refractivity contribution in [3.8, 4) is 28.7 Å². The van der Waals surface area contributed by atoms with Crippen LogP contribution >= 0.6 is 11.3 Å². The van der Waals surface area contributed by atoms with E-state index in [0.29, 0.717) is 21.7 Å². The van der Waals surface area contributed by atoms with Crippen molar-refractivity contribution in [2.75, 3.05) is 14.2 Å². The third kappa shape index (κ3) is 2.53. The molecule has 0 radical (unpaired) electrons. The van der Waals surface area contributed by atoms with Gasteiger partial charge in [-0.25, -0.2) is 4.98 Å². The molecule has 116 valence electrons. The fourth-order valence-electron chi connectivity index (χ4n) is 2.34. The van der Waals surface area contributed by atoms with E-state index in [9.17, 15) is 4.79 Å². The minimum absolute atomic E-state index is 0.00857. The summed E-state index contributed by atoms with van der Waals surface area (Å²) >= 11 is 1.32. The van der Waals surface area contributed by atoms with Gasteiger partial charge in [-0.15, -0.1) is 11.3 Å². The zero-order valence-electron chi connectivity index (χ0n) is 12.6. The van der Waals surface area contributed by atoms with Gasteiger partial charge in [0.1, 0.15) is 11.2 Å². The molecule has 0 aliphatic rings. The molecule has 0 spiro atoms. The zero-order valence-corrected chi connectivity index (χ0v) is 13.4. The molecule has 0 saturated heterocycles. The largest absolute Gasteiger partial charge is 0.493 e. The summed E-state index contributed by atoms with van der Waals surface area (Å²) in [4.78, 5) is 16.7. The van der Waals surface area contributed by atoms with Crippen LogP contribution in [0.2, 0.25) is 0 Å². The molecular formula is C16H13N3O3S. The van der Waals surface area contributed by atoms with Crippen LogP contribution in [0.3, 0.4) is 0 Å². The Morgan fingerprint density at radius 1 is 1.30 bits per heavy atom. The van der Waals surface area contributed by atoms with Crippen molar-refractivity contribution in [1.82, 2.24) is 9.55 Å². The minimum atomic E-state index is -0.201. The van der Waals surface area contributed by atoms with Crippen molar-refractivity contribution in [2.24, 2.45) is 0 Å². The molecule has 6 nitrogen and oxygen atoms in total. The van der Waals surface area contributed by atoms with Crippen LogP contribution < -0.4 is 15.0 Å². The summed E-state index contributed by atoms with van der Waals surface area (Å²) in [6.45, 7) is -0.00857. The summed E-state index contributed by atoms with van der Waals surface area (Å²) in [6.07, 6.45) is 1.41. The van der Waals surface area contributed by atoms with Crippen LogP contribution in [0.25, 0.3) is 21.3 Å². The topological polar surface area (TPSA) is 77.1 Å². The van der Waals surface area contributed by atoms with Gasteiger partial charge in [-0.3, -0.25) is 9.36 Å². The molecule has 0 N–H and O–H groups in total.